The molecular formula is C19H19N. The Balaban J connectivity index is 2.43. The fraction of sp³-hybridized carbons (Fsp3) is 0.158. The van der Waals surface area contributed by atoms with Crippen molar-refractivity contribution in [1.82, 2.24) is 0 Å². The van der Waals surface area contributed by atoms with Crippen LogP contribution in [0.15, 0.2) is 48.5 Å². The number of anilines is 1. The molecule has 0 aliphatic heterocycles. The summed E-state index contributed by atoms with van der Waals surface area (Å²) in [5.74, 6) is 0. The van der Waals surface area contributed by atoms with Crippen molar-refractivity contribution in [2.24, 2.45) is 0 Å². The first-order valence-electron chi connectivity index (χ1n) is 6.94. The third-order valence-corrected chi connectivity index (χ3v) is 4.23. The van der Waals surface area contributed by atoms with Crippen LogP contribution in [0.25, 0.3) is 21.9 Å². The average Bonchev–Trinajstić information content (AvgIpc) is 2.46. The summed E-state index contributed by atoms with van der Waals surface area (Å²) in [5.41, 5.74) is 13.4. The van der Waals surface area contributed by atoms with Gasteiger partial charge in [-0.15, -0.1) is 0 Å². The lowest BCUT2D eigenvalue weighted by Crippen LogP contribution is -1.96. The molecule has 0 aromatic heterocycles. The molecule has 0 saturated carbocycles. The van der Waals surface area contributed by atoms with E-state index in [-0.39, 0.29) is 0 Å². The lowest BCUT2D eigenvalue weighted by Gasteiger charge is -2.17. The minimum Gasteiger partial charge on any atom is -0.399 e. The third kappa shape index (κ3) is 1.87. The van der Waals surface area contributed by atoms with Gasteiger partial charge in [-0.2, -0.15) is 0 Å². The smallest absolute Gasteiger partial charge is 0.0320 e. The summed E-state index contributed by atoms with van der Waals surface area (Å²) in [4.78, 5) is 0. The molecule has 100 valence electrons. The molecule has 0 bridgehead atoms. The van der Waals surface area contributed by atoms with Crippen molar-refractivity contribution < 1.29 is 0 Å². The Hall–Kier alpha value is -2.28. The van der Waals surface area contributed by atoms with Gasteiger partial charge in [-0.1, -0.05) is 36.4 Å². The van der Waals surface area contributed by atoms with Crippen LogP contribution in [-0.2, 0) is 0 Å². The summed E-state index contributed by atoms with van der Waals surface area (Å²) >= 11 is 0. The van der Waals surface area contributed by atoms with Crippen LogP contribution in [-0.4, -0.2) is 0 Å². The number of benzene rings is 3. The van der Waals surface area contributed by atoms with Crippen LogP contribution in [0, 0.1) is 20.8 Å². The Morgan fingerprint density at radius 1 is 0.700 bits per heavy atom. The van der Waals surface area contributed by atoms with Crippen LogP contribution < -0.4 is 5.73 Å². The first-order valence-corrected chi connectivity index (χ1v) is 6.94. The van der Waals surface area contributed by atoms with Gasteiger partial charge >= 0.3 is 0 Å². The maximum absolute atomic E-state index is 5.94. The summed E-state index contributed by atoms with van der Waals surface area (Å²) in [5, 5.41) is 2.56. The Labute approximate surface area is 120 Å². The molecule has 3 aromatic rings. The topological polar surface area (TPSA) is 26.0 Å². The van der Waals surface area contributed by atoms with E-state index in [0.717, 1.165) is 5.69 Å². The maximum Gasteiger partial charge on any atom is 0.0320 e. The molecule has 20 heavy (non-hydrogen) atoms. The number of nitrogens with two attached hydrogens (primary N) is 1. The van der Waals surface area contributed by atoms with Crippen LogP contribution in [0.2, 0.25) is 0 Å². The van der Waals surface area contributed by atoms with Crippen molar-refractivity contribution >= 4 is 16.5 Å². The summed E-state index contributed by atoms with van der Waals surface area (Å²) in [6.07, 6.45) is 0. The van der Waals surface area contributed by atoms with Crippen molar-refractivity contribution in [3.63, 3.8) is 0 Å². The molecule has 0 heterocycles. The zero-order valence-corrected chi connectivity index (χ0v) is 12.2. The molecule has 0 aliphatic carbocycles. The molecule has 2 N–H and O–H groups in total. The van der Waals surface area contributed by atoms with Crippen LogP contribution >= 0.6 is 0 Å². The van der Waals surface area contributed by atoms with Crippen LogP contribution in [0.4, 0.5) is 5.69 Å². The van der Waals surface area contributed by atoms with Gasteiger partial charge in [0.1, 0.15) is 0 Å². The van der Waals surface area contributed by atoms with Gasteiger partial charge in [0.15, 0.2) is 0 Å². The molecule has 0 radical (unpaired) electrons. The standard InChI is InChI=1S/C19H19N/c1-12-13(2)19(15-7-5-4-6-8-15)14(3)17-10-9-16(20)11-18(12)17/h4-11H,20H2,1-3H3. The SMILES string of the molecule is Cc1c(-c2ccccc2)c(C)c2ccc(N)cc2c1C. The number of rotatable bonds is 1. The molecule has 1 nitrogen and oxygen atoms in total. The van der Waals surface area contributed by atoms with E-state index in [9.17, 15) is 0 Å². The fourth-order valence-corrected chi connectivity index (χ4v) is 3.04. The van der Waals surface area contributed by atoms with Gasteiger partial charge in [-0.25, -0.2) is 0 Å². The van der Waals surface area contributed by atoms with E-state index < -0.39 is 0 Å². The highest BCUT2D eigenvalue weighted by atomic mass is 14.5. The Kier molecular flexibility index (Phi) is 2.98. The number of hydrogen-bond donors (Lipinski definition) is 1. The molecule has 0 saturated heterocycles. The molecule has 0 aliphatic rings. The monoisotopic (exact) mass is 261 g/mol. The van der Waals surface area contributed by atoms with E-state index >= 15 is 0 Å². The van der Waals surface area contributed by atoms with Crippen molar-refractivity contribution in [3.8, 4) is 11.1 Å². The maximum atomic E-state index is 5.94. The number of nitrogen functional groups attached to an aromatic ring is 1. The van der Waals surface area contributed by atoms with Crippen LogP contribution in [0.1, 0.15) is 16.7 Å². The van der Waals surface area contributed by atoms with E-state index in [1.165, 1.54) is 38.6 Å². The van der Waals surface area contributed by atoms with Gasteiger partial charge in [-0.05, 0) is 71.5 Å². The second-order valence-corrected chi connectivity index (χ2v) is 5.42. The summed E-state index contributed by atoms with van der Waals surface area (Å²) in [6.45, 7) is 6.59. The first-order chi connectivity index (χ1) is 9.59. The Bertz CT molecular complexity index is 786. The highest BCUT2D eigenvalue weighted by Crippen LogP contribution is 2.36. The van der Waals surface area contributed by atoms with Crippen LogP contribution in [0.3, 0.4) is 0 Å². The molecule has 0 spiro atoms. The van der Waals surface area contributed by atoms with Crippen molar-refractivity contribution in [2.45, 2.75) is 20.8 Å². The summed E-state index contributed by atoms with van der Waals surface area (Å²) in [6, 6.07) is 16.8. The molecule has 0 fully saturated rings. The molecule has 0 unspecified atom stereocenters. The average molecular weight is 261 g/mol. The summed E-state index contributed by atoms with van der Waals surface area (Å²) in [7, 11) is 0. The number of hydrogen-bond acceptors (Lipinski definition) is 1. The molecule has 0 atom stereocenters. The third-order valence-electron chi connectivity index (χ3n) is 4.23. The van der Waals surface area contributed by atoms with Gasteiger partial charge < -0.3 is 5.73 Å². The predicted molar refractivity (Wildman–Crippen MR) is 88.0 cm³/mol. The minimum atomic E-state index is 0.826. The van der Waals surface area contributed by atoms with Gasteiger partial charge in [-0.3, -0.25) is 0 Å². The molecule has 3 rings (SSSR count). The zero-order valence-electron chi connectivity index (χ0n) is 12.2. The second kappa shape index (κ2) is 4.68. The van der Waals surface area contributed by atoms with E-state index in [4.69, 9.17) is 5.73 Å². The van der Waals surface area contributed by atoms with E-state index in [1.807, 2.05) is 6.07 Å². The minimum absolute atomic E-state index is 0.826. The van der Waals surface area contributed by atoms with Gasteiger partial charge in [0.2, 0.25) is 0 Å². The van der Waals surface area contributed by atoms with E-state index in [1.54, 1.807) is 0 Å². The highest BCUT2D eigenvalue weighted by Gasteiger charge is 2.13. The Morgan fingerprint density at radius 2 is 1.40 bits per heavy atom. The Morgan fingerprint density at radius 3 is 2.10 bits per heavy atom. The first kappa shape index (κ1) is 12.7. The number of aryl methyl sites for hydroxylation is 2. The van der Waals surface area contributed by atoms with Crippen molar-refractivity contribution in [2.75, 3.05) is 5.73 Å². The molecule has 0 amide bonds. The van der Waals surface area contributed by atoms with Gasteiger partial charge in [0.05, 0.1) is 0 Å². The quantitative estimate of drug-likeness (QED) is 0.612. The van der Waals surface area contributed by atoms with E-state index in [0.29, 0.717) is 0 Å². The van der Waals surface area contributed by atoms with Gasteiger partial charge in [0.25, 0.3) is 0 Å². The summed E-state index contributed by atoms with van der Waals surface area (Å²) < 4.78 is 0. The lowest BCUT2D eigenvalue weighted by molar-refractivity contribution is 1.34. The van der Waals surface area contributed by atoms with Gasteiger partial charge in [0, 0.05) is 5.69 Å². The molecular weight excluding hydrogens is 242 g/mol. The molecule has 3 aromatic carbocycles. The predicted octanol–water partition coefficient (Wildman–Crippen LogP) is 5.01. The van der Waals surface area contributed by atoms with E-state index in [2.05, 4.69) is 63.2 Å². The molecule has 1 heteroatoms. The van der Waals surface area contributed by atoms with Crippen molar-refractivity contribution in [3.05, 3.63) is 65.2 Å². The van der Waals surface area contributed by atoms with Crippen LogP contribution in [0.5, 0.6) is 0 Å². The fourth-order valence-electron chi connectivity index (χ4n) is 3.04. The zero-order chi connectivity index (χ0) is 14.3. The van der Waals surface area contributed by atoms with Crippen molar-refractivity contribution in [1.29, 1.82) is 0 Å². The normalized spacial score (nSPS) is 10.9. The highest BCUT2D eigenvalue weighted by molar-refractivity contribution is 5.97. The number of fused-ring (bicyclic) bond motifs is 1. The second-order valence-electron chi connectivity index (χ2n) is 5.42. The lowest BCUT2D eigenvalue weighted by atomic mass is 9.87. The largest absolute Gasteiger partial charge is 0.399 e.